The number of allylic oxidation sites excluding steroid dienone is 2. The molecule has 1 heterocycles. The summed E-state index contributed by atoms with van der Waals surface area (Å²) in [7, 11) is 0. The standard InChI is InChI=1S/C20H26O3/c1-6-12(2)19(21)23-18-17-13(3)11-22-16(17)10-15-9-7-8-14(4)20(15,18)5/h6,9,11,14,18H,7-8,10H2,1-5H3/b12-6+/t14-,18+,20+/m0/s1. The molecule has 0 amide bonds. The molecular formula is C20H26O3. The Balaban J connectivity index is 2.11. The quantitative estimate of drug-likeness (QED) is 0.435. The van der Waals surface area contributed by atoms with Gasteiger partial charge in [0, 0.05) is 23.0 Å². The zero-order valence-electron chi connectivity index (χ0n) is 14.7. The molecule has 0 saturated carbocycles. The minimum atomic E-state index is -0.269. The van der Waals surface area contributed by atoms with Crippen molar-refractivity contribution in [3.63, 3.8) is 0 Å². The lowest BCUT2D eigenvalue weighted by Gasteiger charge is -2.48. The van der Waals surface area contributed by atoms with Crippen LogP contribution < -0.4 is 0 Å². The Bertz CT molecular complexity index is 692. The van der Waals surface area contributed by atoms with Crippen LogP contribution in [0, 0.1) is 18.3 Å². The molecule has 0 fully saturated rings. The van der Waals surface area contributed by atoms with Gasteiger partial charge in [-0.05, 0) is 45.1 Å². The molecule has 0 N–H and O–H groups in total. The number of rotatable bonds is 2. The highest BCUT2D eigenvalue weighted by molar-refractivity contribution is 5.88. The number of ether oxygens (including phenoxy) is 1. The van der Waals surface area contributed by atoms with E-state index in [0.717, 1.165) is 36.1 Å². The molecule has 2 aliphatic rings. The molecule has 0 bridgehead atoms. The highest BCUT2D eigenvalue weighted by atomic mass is 16.5. The van der Waals surface area contributed by atoms with Gasteiger partial charge in [0.05, 0.1) is 6.26 Å². The first-order valence-corrected chi connectivity index (χ1v) is 8.49. The fourth-order valence-electron chi connectivity index (χ4n) is 4.00. The molecule has 1 aromatic heterocycles. The molecule has 3 nitrogen and oxygen atoms in total. The van der Waals surface area contributed by atoms with E-state index in [-0.39, 0.29) is 17.5 Å². The normalized spacial score (nSPS) is 30.3. The van der Waals surface area contributed by atoms with Gasteiger partial charge in [0.15, 0.2) is 0 Å². The van der Waals surface area contributed by atoms with Crippen LogP contribution in [0.25, 0.3) is 0 Å². The van der Waals surface area contributed by atoms with Crippen molar-refractivity contribution in [2.75, 3.05) is 0 Å². The first-order valence-electron chi connectivity index (χ1n) is 8.49. The molecule has 0 aromatic carbocycles. The van der Waals surface area contributed by atoms with E-state index >= 15 is 0 Å². The first kappa shape index (κ1) is 16.1. The van der Waals surface area contributed by atoms with Gasteiger partial charge in [-0.25, -0.2) is 4.79 Å². The highest BCUT2D eigenvalue weighted by Crippen LogP contribution is 2.57. The Labute approximate surface area is 138 Å². The summed E-state index contributed by atoms with van der Waals surface area (Å²) in [6.45, 7) is 10.2. The third kappa shape index (κ3) is 2.37. The van der Waals surface area contributed by atoms with E-state index < -0.39 is 0 Å². The monoisotopic (exact) mass is 314 g/mol. The molecule has 23 heavy (non-hydrogen) atoms. The zero-order valence-corrected chi connectivity index (χ0v) is 14.7. The molecule has 3 rings (SSSR count). The van der Waals surface area contributed by atoms with Gasteiger partial charge in [-0.2, -0.15) is 0 Å². The van der Waals surface area contributed by atoms with Gasteiger partial charge < -0.3 is 9.15 Å². The second-order valence-electron chi connectivity index (χ2n) is 7.18. The van der Waals surface area contributed by atoms with E-state index in [0.29, 0.717) is 11.5 Å². The Hall–Kier alpha value is -1.77. The lowest BCUT2D eigenvalue weighted by molar-refractivity contribution is -0.153. The lowest BCUT2D eigenvalue weighted by Crippen LogP contribution is -2.42. The number of hydrogen-bond donors (Lipinski definition) is 0. The number of furan rings is 1. The number of carbonyl (C=O) groups is 1. The zero-order chi connectivity index (χ0) is 16.8. The summed E-state index contributed by atoms with van der Waals surface area (Å²) in [5.41, 5.74) is 4.01. The molecule has 0 saturated heterocycles. The molecule has 2 aliphatic carbocycles. The van der Waals surface area contributed by atoms with Crippen molar-refractivity contribution >= 4 is 5.97 Å². The van der Waals surface area contributed by atoms with Gasteiger partial charge in [-0.3, -0.25) is 0 Å². The van der Waals surface area contributed by atoms with Crippen LogP contribution in [0.4, 0.5) is 0 Å². The minimum absolute atomic E-state index is 0.149. The van der Waals surface area contributed by atoms with E-state index in [1.165, 1.54) is 5.57 Å². The number of aryl methyl sites for hydroxylation is 1. The predicted molar refractivity (Wildman–Crippen MR) is 90.0 cm³/mol. The second kappa shape index (κ2) is 5.70. The second-order valence-corrected chi connectivity index (χ2v) is 7.18. The van der Waals surface area contributed by atoms with Crippen molar-refractivity contribution < 1.29 is 13.9 Å². The van der Waals surface area contributed by atoms with Crippen LogP contribution in [0.15, 0.2) is 34.0 Å². The van der Waals surface area contributed by atoms with Gasteiger partial charge >= 0.3 is 5.97 Å². The topological polar surface area (TPSA) is 39.4 Å². The van der Waals surface area contributed by atoms with Crippen molar-refractivity contribution in [3.8, 4) is 0 Å². The van der Waals surface area contributed by atoms with Crippen LogP contribution in [-0.2, 0) is 16.0 Å². The third-order valence-corrected chi connectivity index (χ3v) is 5.95. The summed E-state index contributed by atoms with van der Waals surface area (Å²) in [6.07, 6.45) is 8.70. The molecule has 0 unspecified atom stereocenters. The van der Waals surface area contributed by atoms with E-state index in [9.17, 15) is 4.79 Å². The Kier molecular flexibility index (Phi) is 3.99. The van der Waals surface area contributed by atoms with Crippen molar-refractivity contribution in [2.24, 2.45) is 11.3 Å². The molecule has 3 atom stereocenters. The summed E-state index contributed by atoms with van der Waals surface area (Å²) in [5.74, 6) is 1.19. The molecule has 124 valence electrons. The van der Waals surface area contributed by atoms with Crippen LogP contribution in [0.1, 0.15) is 63.5 Å². The van der Waals surface area contributed by atoms with Gasteiger partial charge in [-0.1, -0.05) is 31.6 Å². The number of fused-ring (bicyclic) bond motifs is 2. The minimum Gasteiger partial charge on any atom is -0.468 e. The predicted octanol–water partition coefficient (Wildman–Crippen LogP) is 5.06. The summed E-state index contributed by atoms with van der Waals surface area (Å²) in [6, 6.07) is 0. The SMILES string of the molecule is C/C=C(\C)C(=O)O[C@@H]1c2c(C)coc2CC2=CCC[C@H](C)[C@]21C. The number of esters is 1. The van der Waals surface area contributed by atoms with Crippen molar-refractivity contribution in [3.05, 3.63) is 46.4 Å². The Morgan fingerprint density at radius 1 is 1.48 bits per heavy atom. The van der Waals surface area contributed by atoms with E-state index in [1.54, 1.807) is 19.3 Å². The molecular weight excluding hydrogens is 288 g/mol. The van der Waals surface area contributed by atoms with Crippen molar-refractivity contribution in [1.29, 1.82) is 0 Å². The van der Waals surface area contributed by atoms with Crippen molar-refractivity contribution in [1.82, 2.24) is 0 Å². The van der Waals surface area contributed by atoms with Crippen LogP contribution in [-0.4, -0.2) is 5.97 Å². The van der Waals surface area contributed by atoms with Gasteiger partial charge in [0.2, 0.25) is 0 Å². The molecule has 0 spiro atoms. The average molecular weight is 314 g/mol. The Morgan fingerprint density at radius 2 is 2.22 bits per heavy atom. The molecule has 3 heteroatoms. The number of carbonyl (C=O) groups excluding carboxylic acids is 1. The van der Waals surface area contributed by atoms with E-state index in [4.69, 9.17) is 9.15 Å². The van der Waals surface area contributed by atoms with E-state index in [2.05, 4.69) is 19.9 Å². The average Bonchev–Trinajstić information content (AvgIpc) is 2.89. The van der Waals surface area contributed by atoms with Gasteiger partial charge in [0.25, 0.3) is 0 Å². The summed E-state index contributed by atoms with van der Waals surface area (Å²) in [4.78, 5) is 12.5. The smallest absolute Gasteiger partial charge is 0.334 e. The highest BCUT2D eigenvalue weighted by Gasteiger charge is 2.51. The fraction of sp³-hybridized carbons (Fsp3) is 0.550. The maximum atomic E-state index is 12.5. The van der Waals surface area contributed by atoms with Gasteiger partial charge in [0.1, 0.15) is 11.9 Å². The van der Waals surface area contributed by atoms with Crippen LogP contribution in [0.5, 0.6) is 0 Å². The summed E-state index contributed by atoms with van der Waals surface area (Å²) < 4.78 is 11.8. The summed E-state index contributed by atoms with van der Waals surface area (Å²) >= 11 is 0. The lowest BCUT2D eigenvalue weighted by atomic mass is 9.58. The Morgan fingerprint density at radius 3 is 2.91 bits per heavy atom. The van der Waals surface area contributed by atoms with Gasteiger partial charge in [-0.15, -0.1) is 0 Å². The largest absolute Gasteiger partial charge is 0.468 e. The molecule has 0 aliphatic heterocycles. The maximum Gasteiger partial charge on any atom is 0.334 e. The van der Waals surface area contributed by atoms with Crippen LogP contribution in [0.3, 0.4) is 0 Å². The van der Waals surface area contributed by atoms with E-state index in [1.807, 2.05) is 13.8 Å². The maximum absolute atomic E-state index is 12.5. The van der Waals surface area contributed by atoms with Crippen molar-refractivity contribution in [2.45, 2.75) is 60.0 Å². The number of hydrogen-bond acceptors (Lipinski definition) is 3. The van der Waals surface area contributed by atoms with Crippen LogP contribution >= 0.6 is 0 Å². The van der Waals surface area contributed by atoms with Crippen LogP contribution in [0.2, 0.25) is 0 Å². The molecule has 0 radical (unpaired) electrons. The summed E-state index contributed by atoms with van der Waals surface area (Å²) in [5, 5.41) is 0. The fourth-order valence-corrected chi connectivity index (χ4v) is 4.00. The third-order valence-electron chi connectivity index (χ3n) is 5.95. The first-order chi connectivity index (χ1) is 10.9. The molecule has 1 aromatic rings.